The second kappa shape index (κ2) is 25.5. The maximum Gasteiger partial charge on any atom is 0.252 e. The van der Waals surface area contributed by atoms with Crippen LogP contribution in [0.25, 0.3) is 127 Å². The van der Waals surface area contributed by atoms with Crippen LogP contribution in [0.2, 0.25) is 0 Å². The lowest BCUT2D eigenvalue weighted by Crippen LogP contribution is -2.61. The van der Waals surface area contributed by atoms with Gasteiger partial charge in [0.05, 0.1) is 58.2 Å². The Morgan fingerprint density at radius 3 is 1.12 bits per heavy atom. The predicted octanol–water partition coefficient (Wildman–Crippen LogP) is 26.9. The van der Waals surface area contributed by atoms with Crippen molar-refractivity contribution in [2.45, 2.75) is 105 Å². The topological polar surface area (TPSA) is 21.3 Å². The van der Waals surface area contributed by atoms with Crippen LogP contribution in [0.15, 0.2) is 327 Å². The van der Waals surface area contributed by atoms with Gasteiger partial charge in [0.25, 0.3) is 6.71 Å². The first-order valence-corrected chi connectivity index (χ1v) is 39.0. The molecule has 20 rings (SSSR count). The van der Waals surface area contributed by atoms with Crippen molar-refractivity contribution in [1.82, 2.24) is 13.7 Å². The molecule has 0 aliphatic carbocycles. The van der Waals surface area contributed by atoms with Crippen molar-refractivity contribution in [1.29, 1.82) is 0 Å². The summed E-state index contributed by atoms with van der Waals surface area (Å²) in [6.45, 7) is 26.5. The summed E-state index contributed by atoms with van der Waals surface area (Å²) in [5, 5.41) is 6.41. The lowest BCUT2D eigenvalue weighted by molar-refractivity contribution is 0.590. The highest BCUT2D eigenvalue weighted by molar-refractivity contribution is 7.00. The number of para-hydroxylation sites is 3. The fraction of sp³-hybridized carbons (Fsp3) is 0.151. The van der Waals surface area contributed by atoms with Gasteiger partial charge < -0.3 is 23.5 Å². The quantitative estimate of drug-likeness (QED) is 0.134. The van der Waals surface area contributed by atoms with Gasteiger partial charge in [-0.15, -0.1) is 0 Å². The second-order valence-corrected chi connectivity index (χ2v) is 34.7. The Morgan fingerprint density at radius 1 is 0.241 bits per heavy atom. The molecular formula is C106H90BN5. The number of rotatable bonds is 9. The number of nitrogens with zero attached hydrogens (tertiary/aromatic N) is 5. The maximum atomic E-state index is 10.1. The summed E-state index contributed by atoms with van der Waals surface area (Å²) < 4.78 is 102. The Labute approximate surface area is 672 Å². The van der Waals surface area contributed by atoms with Gasteiger partial charge in [0.2, 0.25) is 0 Å². The molecule has 0 unspecified atom stereocenters. The third kappa shape index (κ3) is 11.1. The van der Waals surface area contributed by atoms with Gasteiger partial charge in [0.15, 0.2) is 0 Å². The zero-order valence-electron chi connectivity index (χ0n) is 75.2. The van der Waals surface area contributed by atoms with Crippen molar-refractivity contribution in [2.75, 3.05) is 9.80 Å². The highest BCUT2D eigenvalue weighted by Gasteiger charge is 2.45. The number of fused-ring (bicyclic) bond motifs is 13. The van der Waals surface area contributed by atoms with Crippen LogP contribution >= 0.6 is 0 Å². The molecule has 15 aromatic carbocycles. The van der Waals surface area contributed by atoms with E-state index < -0.39 is 43.0 Å². The Morgan fingerprint density at radius 2 is 0.643 bits per heavy atom. The fourth-order valence-electron chi connectivity index (χ4n) is 17.8. The molecule has 5 nitrogen and oxygen atoms in total. The normalized spacial score (nSPS) is 14.4. The summed E-state index contributed by atoms with van der Waals surface area (Å²) in [5.41, 5.74) is 24.2. The molecule has 18 aromatic rings. The van der Waals surface area contributed by atoms with Crippen molar-refractivity contribution in [3.8, 4) is 61.6 Å². The second-order valence-electron chi connectivity index (χ2n) is 34.7. The molecule has 0 saturated heterocycles. The average molecular weight is 1450 g/mol. The van der Waals surface area contributed by atoms with Crippen molar-refractivity contribution < 1.29 is 13.7 Å². The molecule has 5 heterocycles. The van der Waals surface area contributed by atoms with E-state index in [4.69, 9.17) is 2.74 Å². The van der Waals surface area contributed by atoms with Crippen LogP contribution in [0, 0.1) is 0 Å². The van der Waals surface area contributed by atoms with Crippen molar-refractivity contribution in [3.05, 3.63) is 350 Å². The van der Waals surface area contributed by atoms with Gasteiger partial charge in [-0.2, -0.15) is 0 Å². The van der Waals surface area contributed by atoms with Gasteiger partial charge >= 0.3 is 0 Å². The van der Waals surface area contributed by atoms with Crippen LogP contribution < -0.4 is 26.2 Å². The smallest absolute Gasteiger partial charge is 0.252 e. The van der Waals surface area contributed by atoms with Crippen molar-refractivity contribution in [2.24, 2.45) is 0 Å². The standard InChI is InChI=1S/C106H90BN5/c1-103(2,3)75-45-52-90-84(62-75)85-63-76(104(4,5)6)46-53-91(85)108(90)80-49-51-89-97(66-80)109(81-57-72(68-32-20-14-21-33-68)56-73(58-81)69-34-22-15-23-35-69)98-60-74(70-36-24-16-25-37-70)61-99-100(98)107(89)88-50-44-71(67-30-18-13-19-31-67)59-96(88)112(99)95-43-29-41-83-82-40-28-42-94(101(82)110(102(83)95)79-38-26-17-27-39-79)111-92-54-47-77(105(7,8)9)64-86(92)87-65-78(106(10,11)12)48-55-93(87)111/h13-66H,1-12H3/i13D,16D,18D,19D,24D,25D,30D,31D,36D,37D. The SMILES string of the molecule is [2H]c1c([2H])c([2H])c(-c2ccc3c(c2)N(c2cccc4c5cccc(-n6c7ccc(C(C)(C)C)cc7c7cc(C(C)(C)C)ccc76)c5n(-c5ccccc5)c24)c2cc(-c4c([2H])c([2H])c([2H])c([2H])c4[2H])cc4c2B3c2ccc(-n3c5ccc(C(C)(C)C)cc5c5cc(C(C)(C)C)ccc53)cc2N4c2cc(-c3ccccc3)cc(-c3ccccc3)c2)c([2H])c1[2H]. The molecule has 0 bridgehead atoms. The summed E-state index contributed by atoms with van der Waals surface area (Å²) in [7, 11) is 0. The zero-order chi connectivity index (χ0) is 85.1. The van der Waals surface area contributed by atoms with Crippen molar-refractivity contribution in [3.63, 3.8) is 0 Å². The number of aromatic nitrogens is 3. The first-order chi connectivity index (χ1) is 58.2. The van der Waals surface area contributed by atoms with Crippen LogP contribution in [-0.2, 0) is 21.7 Å². The van der Waals surface area contributed by atoms with E-state index in [0.29, 0.717) is 33.9 Å². The molecule has 0 amide bonds. The summed E-state index contributed by atoms with van der Waals surface area (Å²) in [4.78, 5) is 4.59. The molecular weight excluding hydrogens is 1350 g/mol. The largest absolute Gasteiger partial charge is 0.311 e. The van der Waals surface area contributed by atoms with E-state index in [0.717, 1.165) is 132 Å². The van der Waals surface area contributed by atoms with Crippen LogP contribution in [0.3, 0.4) is 0 Å². The Balaban J connectivity index is 0.957. The van der Waals surface area contributed by atoms with E-state index in [2.05, 4.69) is 331 Å². The molecule has 3 aromatic heterocycles. The van der Waals surface area contributed by atoms with E-state index in [1.807, 2.05) is 42.5 Å². The summed E-state index contributed by atoms with van der Waals surface area (Å²) in [6.07, 6.45) is 0. The van der Waals surface area contributed by atoms with Gasteiger partial charge in [-0.1, -0.05) is 289 Å². The summed E-state index contributed by atoms with van der Waals surface area (Å²) >= 11 is 0. The average Bonchev–Trinajstić information content (AvgIpc) is 1.37. The van der Waals surface area contributed by atoms with Gasteiger partial charge in [0, 0.05) is 72.1 Å². The Kier molecular flexibility index (Phi) is 13.3. The molecule has 0 fully saturated rings. The Bertz CT molecular complexity index is 7240. The van der Waals surface area contributed by atoms with Crippen LogP contribution in [0.4, 0.5) is 34.1 Å². The lowest BCUT2D eigenvalue weighted by atomic mass is 9.33. The monoisotopic (exact) mass is 1450 g/mol. The number of anilines is 6. The lowest BCUT2D eigenvalue weighted by Gasteiger charge is -2.45. The molecule has 112 heavy (non-hydrogen) atoms. The van der Waals surface area contributed by atoms with E-state index >= 15 is 0 Å². The third-order valence-electron chi connectivity index (χ3n) is 23.5. The predicted molar refractivity (Wildman–Crippen MR) is 480 cm³/mol. The molecule has 2 aliphatic rings. The minimum absolute atomic E-state index is 0.000985. The summed E-state index contributed by atoms with van der Waals surface area (Å²) in [6, 6.07) is 90.9. The minimum Gasteiger partial charge on any atom is -0.311 e. The van der Waals surface area contributed by atoms with Gasteiger partial charge in [-0.3, -0.25) is 0 Å². The molecule has 0 saturated carbocycles. The molecule has 6 heteroatoms. The molecule has 0 atom stereocenters. The summed E-state index contributed by atoms with van der Waals surface area (Å²) in [5.74, 6) is 0. The highest BCUT2D eigenvalue weighted by Crippen LogP contribution is 2.53. The highest BCUT2D eigenvalue weighted by atomic mass is 15.2. The molecule has 542 valence electrons. The van der Waals surface area contributed by atoms with Crippen LogP contribution in [0.5, 0.6) is 0 Å². The molecule has 0 radical (unpaired) electrons. The molecule has 2 aliphatic heterocycles. The third-order valence-corrected chi connectivity index (χ3v) is 23.5. The molecule has 0 N–H and O–H groups in total. The number of hydrogen-bond acceptors (Lipinski definition) is 2. The first-order valence-electron chi connectivity index (χ1n) is 44.0. The van der Waals surface area contributed by atoms with E-state index in [1.165, 1.54) is 22.3 Å². The number of hydrogen-bond donors (Lipinski definition) is 0. The fourth-order valence-corrected chi connectivity index (χ4v) is 17.8. The Hall–Kier alpha value is -12.6. The van der Waals surface area contributed by atoms with Crippen molar-refractivity contribution >= 4 is 123 Å². The van der Waals surface area contributed by atoms with Gasteiger partial charge in [-0.25, -0.2) is 0 Å². The first kappa shape index (κ1) is 58.3. The minimum atomic E-state index is -0.652. The van der Waals surface area contributed by atoms with Gasteiger partial charge in [0.1, 0.15) is 0 Å². The van der Waals surface area contributed by atoms with Gasteiger partial charge in [-0.05, 0) is 226 Å². The van der Waals surface area contributed by atoms with Crippen LogP contribution in [-0.4, -0.2) is 20.4 Å². The maximum absolute atomic E-state index is 10.1. The van der Waals surface area contributed by atoms with E-state index in [9.17, 15) is 11.0 Å². The van der Waals surface area contributed by atoms with E-state index in [-0.39, 0.29) is 57.0 Å². The zero-order valence-corrected chi connectivity index (χ0v) is 65.2. The van der Waals surface area contributed by atoms with Crippen LogP contribution in [0.1, 0.15) is 119 Å². The molecule has 0 spiro atoms. The van der Waals surface area contributed by atoms with E-state index in [1.54, 1.807) is 0 Å². The number of benzene rings is 15.